The van der Waals surface area contributed by atoms with E-state index in [2.05, 4.69) is 20.8 Å². The van der Waals surface area contributed by atoms with E-state index < -0.39 is 5.60 Å². The van der Waals surface area contributed by atoms with Crippen molar-refractivity contribution < 1.29 is 19.4 Å². The van der Waals surface area contributed by atoms with E-state index in [0.29, 0.717) is 31.4 Å². The van der Waals surface area contributed by atoms with Gasteiger partial charge in [0.2, 0.25) is 0 Å². The molecule has 4 atom stereocenters. The van der Waals surface area contributed by atoms with Crippen LogP contribution in [0, 0.1) is 22.7 Å². The molecule has 2 aliphatic carbocycles. The van der Waals surface area contributed by atoms with Gasteiger partial charge in [-0.25, -0.2) is 4.79 Å². The zero-order valence-corrected chi connectivity index (χ0v) is 15.4. The average molecular weight is 334 g/mol. The molecule has 0 amide bonds. The van der Waals surface area contributed by atoms with Crippen molar-refractivity contribution in [3.8, 4) is 0 Å². The van der Waals surface area contributed by atoms with Crippen molar-refractivity contribution in [1.29, 1.82) is 0 Å². The number of cyclic esters (lactones) is 1. The van der Waals surface area contributed by atoms with Crippen LogP contribution in [0.3, 0.4) is 0 Å². The maximum absolute atomic E-state index is 12.7. The van der Waals surface area contributed by atoms with Crippen LogP contribution in [-0.4, -0.2) is 29.1 Å². The maximum Gasteiger partial charge on any atom is 0.334 e. The Morgan fingerprint density at radius 1 is 1.25 bits per heavy atom. The molecule has 4 heteroatoms. The molecule has 1 heterocycles. The first-order valence-corrected chi connectivity index (χ1v) is 9.23. The summed E-state index contributed by atoms with van der Waals surface area (Å²) in [5.74, 6) is -0.306. The summed E-state index contributed by atoms with van der Waals surface area (Å²) in [7, 11) is 0. The summed E-state index contributed by atoms with van der Waals surface area (Å²) < 4.78 is 4.97. The van der Waals surface area contributed by atoms with E-state index in [4.69, 9.17) is 4.74 Å². The van der Waals surface area contributed by atoms with Gasteiger partial charge in [0, 0.05) is 23.3 Å². The molecule has 2 saturated carbocycles. The van der Waals surface area contributed by atoms with Crippen LogP contribution in [0.15, 0.2) is 11.6 Å². The van der Waals surface area contributed by atoms with E-state index in [9.17, 15) is 14.7 Å². The van der Waals surface area contributed by atoms with Crippen LogP contribution >= 0.6 is 0 Å². The lowest BCUT2D eigenvalue weighted by Crippen LogP contribution is -2.64. The summed E-state index contributed by atoms with van der Waals surface area (Å²) in [6.07, 6.45) is 6.41. The van der Waals surface area contributed by atoms with Crippen LogP contribution in [0.25, 0.3) is 0 Å². The van der Waals surface area contributed by atoms with Crippen molar-refractivity contribution in [1.82, 2.24) is 0 Å². The largest absolute Gasteiger partial charge is 0.458 e. The number of ether oxygens (including phenoxy) is 1. The SMILES string of the molecule is CC1C(=O)CC2C(C)(C)CCCC2(C)C1(O)CCC1=CCOC1=O. The molecule has 2 fully saturated rings. The Balaban J connectivity index is 1.92. The molecular formula is C20H30O4. The van der Waals surface area contributed by atoms with Gasteiger partial charge in [0.05, 0.1) is 5.60 Å². The number of fused-ring (bicyclic) bond motifs is 1. The highest BCUT2D eigenvalue weighted by atomic mass is 16.5. The lowest BCUT2D eigenvalue weighted by Gasteiger charge is -2.62. The second kappa shape index (κ2) is 5.69. The smallest absolute Gasteiger partial charge is 0.334 e. The van der Waals surface area contributed by atoms with E-state index >= 15 is 0 Å². The molecule has 0 radical (unpaired) electrons. The zero-order chi connectivity index (χ0) is 17.8. The van der Waals surface area contributed by atoms with Crippen LogP contribution in [0.4, 0.5) is 0 Å². The first-order chi connectivity index (χ1) is 11.1. The Hall–Kier alpha value is -1.16. The number of esters is 1. The summed E-state index contributed by atoms with van der Waals surface area (Å²) in [6.45, 7) is 8.83. The van der Waals surface area contributed by atoms with Gasteiger partial charge in [-0.2, -0.15) is 0 Å². The second-order valence-electron chi connectivity index (χ2n) is 8.96. The van der Waals surface area contributed by atoms with Crippen molar-refractivity contribution in [3.63, 3.8) is 0 Å². The molecular weight excluding hydrogens is 304 g/mol. The normalized spacial score (nSPS) is 41.6. The molecule has 0 aromatic carbocycles. The minimum atomic E-state index is -1.06. The van der Waals surface area contributed by atoms with Gasteiger partial charge in [-0.05, 0) is 43.1 Å². The van der Waals surface area contributed by atoms with E-state index in [0.717, 1.165) is 19.3 Å². The van der Waals surface area contributed by atoms with Crippen molar-refractivity contribution >= 4 is 11.8 Å². The average Bonchev–Trinajstić information content (AvgIpc) is 2.91. The summed E-state index contributed by atoms with van der Waals surface area (Å²) in [5, 5.41) is 11.7. The fourth-order valence-corrected chi connectivity index (χ4v) is 5.71. The van der Waals surface area contributed by atoms with Gasteiger partial charge < -0.3 is 9.84 Å². The molecule has 1 N–H and O–H groups in total. The third-order valence-corrected chi connectivity index (χ3v) is 7.41. The Bertz CT molecular complexity index is 590. The van der Waals surface area contributed by atoms with Crippen molar-refractivity contribution in [2.45, 2.75) is 71.8 Å². The molecule has 0 saturated heterocycles. The Labute approximate surface area is 144 Å². The van der Waals surface area contributed by atoms with Gasteiger partial charge in [-0.1, -0.05) is 34.1 Å². The third kappa shape index (κ3) is 2.45. The van der Waals surface area contributed by atoms with E-state index in [1.807, 2.05) is 6.92 Å². The van der Waals surface area contributed by atoms with Gasteiger partial charge in [0.1, 0.15) is 12.4 Å². The van der Waals surface area contributed by atoms with Crippen LogP contribution in [0.5, 0.6) is 0 Å². The Morgan fingerprint density at radius 2 is 1.96 bits per heavy atom. The third-order valence-electron chi connectivity index (χ3n) is 7.41. The highest BCUT2D eigenvalue weighted by molar-refractivity contribution is 5.90. The number of hydrogen-bond acceptors (Lipinski definition) is 4. The maximum atomic E-state index is 12.7. The highest BCUT2D eigenvalue weighted by Crippen LogP contribution is 2.63. The highest BCUT2D eigenvalue weighted by Gasteiger charge is 2.63. The summed E-state index contributed by atoms with van der Waals surface area (Å²) >= 11 is 0. The Kier molecular flexibility index (Phi) is 4.18. The molecule has 0 aromatic heterocycles. The molecule has 3 aliphatic rings. The van der Waals surface area contributed by atoms with Gasteiger partial charge in [0.25, 0.3) is 0 Å². The molecule has 24 heavy (non-hydrogen) atoms. The minimum absolute atomic E-state index is 0.0579. The van der Waals surface area contributed by atoms with Crippen LogP contribution in [-0.2, 0) is 14.3 Å². The van der Waals surface area contributed by atoms with Crippen molar-refractivity contribution in [3.05, 3.63) is 11.6 Å². The van der Waals surface area contributed by atoms with Crippen LogP contribution < -0.4 is 0 Å². The molecule has 134 valence electrons. The number of Topliss-reactive ketones (excluding diaryl/α,β-unsaturated/α-hetero) is 1. The van der Waals surface area contributed by atoms with E-state index in [1.165, 1.54) is 0 Å². The predicted molar refractivity (Wildman–Crippen MR) is 91.2 cm³/mol. The zero-order valence-electron chi connectivity index (χ0n) is 15.4. The van der Waals surface area contributed by atoms with Gasteiger partial charge in [-0.3, -0.25) is 4.79 Å². The number of carbonyl (C=O) groups is 2. The molecule has 0 spiro atoms. The first-order valence-electron chi connectivity index (χ1n) is 9.23. The van der Waals surface area contributed by atoms with E-state index in [1.54, 1.807) is 6.08 Å². The van der Waals surface area contributed by atoms with Crippen LogP contribution in [0.1, 0.15) is 66.2 Å². The number of rotatable bonds is 3. The molecule has 4 nitrogen and oxygen atoms in total. The summed E-state index contributed by atoms with van der Waals surface area (Å²) in [4.78, 5) is 24.4. The number of hydrogen-bond donors (Lipinski definition) is 1. The molecule has 0 bridgehead atoms. The fourth-order valence-electron chi connectivity index (χ4n) is 5.71. The number of ketones is 1. The minimum Gasteiger partial charge on any atom is -0.458 e. The lowest BCUT2D eigenvalue weighted by molar-refractivity contribution is -0.208. The lowest BCUT2D eigenvalue weighted by atomic mass is 9.44. The van der Waals surface area contributed by atoms with E-state index in [-0.39, 0.29) is 34.4 Å². The monoisotopic (exact) mass is 334 g/mol. The van der Waals surface area contributed by atoms with Crippen molar-refractivity contribution in [2.24, 2.45) is 22.7 Å². The topological polar surface area (TPSA) is 63.6 Å². The fraction of sp³-hybridized carbons (Fsp3) is 0.800. The molecule has 0 aromatic rings. The second-order valence-corrected chi connectivity index (χ2v) is 8.96. The molecule has 1 aliphatic heterocycles. The molecule has 4 unspecified atom stereocenters. The quantitative estimate of drug-likeness (QED) is 0.803. The number of carbonyl (C=O) groups excluding carboxylic acids is 2. The van der Waals surface area contributed by atoms with Gasteiger partial charge >= 0.3 is 5.97 Å². The molecule has 3 rings (SSSR count). The Morgan fingerprint density at radius 3 is 2.58 bits per heavy atom. The van der Waals surface area contributed by atoms with Crippen molar-refractivity contribution in [2.75, 3.05) is 6.61 Å². The van der Waals surface area contributed by atoms with Crippen LogP contribution in [0.2, 0.25) is 0 Å². The predicted octanol–water partition coefficient (Wildman–Crippen LogP) is 3.42. The standard InChI is InChI=1S/C20H30O4/c1-13-15(21)12-16-18(2,3)8-5-9-19(16,4)20(13,23)10-6-14-7-11-24-17(14)22/h7,13,16,23H,5-6,8-12H2,1-4H3. The summed E-state index contributed by atoms with van der Waals surface area (Å²) in [6, 6.07) is 0. The summed E-state index contributed by atoms with van der Waals surface area (Å²) in [5.41, 5.74) is -0.647. The van der Waals surface area contributed by atoms with Gasteiger partial charge in [0.15, 0.2) is 0 Å². The van der Waals surface area contributed by atoms with Gasteiger partial charge in [-0.15, -0.1) is 0 Å². The number of aliphatic hydroxyl groups is 1. The first kappa shape index (κ1) is 17.7.